The van der Waals surface area contributed by atoms with Gasteiger partial charge in [-0.3, -0.25) is 4.79 Å². The molecule has 5 heteroatoms. The van der Waals surface area contributed by atoms with E-state index in [0.717, 1.165) is 6.42 Å². The van der Waals surface area contributed by atoms with Crippen molar-refractivity contribution in [1.29, 1.82) is 0 Å². The molecule has 1 heterocycles. The van der Waals surface area contributed by atoms with E-state index in [4.69, 9.17) is 11.5 Å². The minimum absolute atomic E-state index is 0.246. The van der Waals surface area contributed by atoms with E-state index >= 15 is 0 Å². The van der Waals surface area contributed by atoms with E-state index in [1.54, 1.807) is 6.07 Å². The van der Waals surface area contributed by atoms with Crippen LogP contribution in [0.5, 0.6) is 0 Å². The molecular formula is C13H20N4O. The second-order valence-corrected chi connectivity index (χ2v) is 5.60. The van der Waals surface area contributed by atoms with E-state index in [1.807, 2.05) is 0 Å². The van der Waals surface area contributed by atoms with Crippen LogP contribution in [0.4, 0.5) is 11.5 Å². The molecule has 1 aliphatic carbocycles. The Labute approximate surface area is 107 Å². The number of carbonyl (C=O) groups is 1. The molecule has 0 radical (unpaired) electrons. The van der Waals surface area contributed by atoms with Gasteiger partial charge in [0.25, 0.3) is 5.91 Å². The highest BCUT2D eigenvalue weighted by atomic mass is 16.1. The second-order valence-electron chi connectivity index (χ2n) is 5.60. The van der Waals surface area contributed by atoms with E-state index in [-0.39, 0.29) is 5.41 Å². The smallest absolute Gasteiger partial charge is 0.250 e. The fourth-order valence-electron chi connectivity index (χ4n) is 2.53. The molecule has 1 amide bonds. The number of hydrogen-bond acceptors (Lipinski definition) is 4. The average molecular weight is 248 g/mol. The highest BCUT2D eigenvalue weighted by molar-refractivity contribution is 5.98. The van der Waals surface area contributed by atoms with Crippen LogP contribution in [0.25, 0.3) is 0 Å². The second kappa shape index (κ2) is 4.48. The third kappa shape index (κ3) is 2.39. The molecule has 0 saturated heterocycles. The molecule has 5 N–H and O–H groups in total. The Morgan fingerprint density at radius 2 is 2.28 bits per heavy atom. The summed E-state index contributed by atoms with van der Waals surface area (Å²) in [7, 11) is 0. The monoisotopic (exact) mass is 248 g/mol. The minimum Gasteiger partial charge on any atom is -0.397 e. The zero-order chi connectivity index (χ0) is 13.3. The summed E-state index contributed by atoms with van der Waals surface area (Å²) >= 11 is 0. The van der Waals surface area contributed by atoms with Crippen molar-refractivity contribution >= 4 is 17.4 Å². The predicted molar refractivity (Wildman–Crippen MR) is 72.2 cm³/mol. The van der Waals surface area contributed by atoms with E-state index < -0.39 is 5.91 Å². The SMILES string of the molecule is CC1(C)CCCC1Nc1cc(C(N)=O)c(N)cn1. The first-order valence-corrected chi connectivity index (χ1v) is 6.22. The molecule has 0 bridgehead atoms. The van der Waals surface area contributed by atoms with E-state index in [1.165, 1.54) is 19.0 Å². The summed E-state index contributed by atoms with van der Waals surface area (Å²) in [5.74, 6) is 0.140. The van der Waals surface area contributed by atoms with Crippen LogP contribution < -0.4 is 16.8 Å². The molecule has 5 nitrogen and oxygen atoms in total. The summed E-state index contributed by atoms with van der Waals surface area (Å²) in [6.07, 6.45) is 5.00. The van der Waals surface area contributed by atoms with Crippen LogP contribution in [0.15, 0.2) is 12.3 Å². The third-order valence-electron chi connectivity index (χ3n) is 3.78. The van der Waals surface area contributed by atoms with E-state index in [2.05, 4.69) is 24.1 Å². The standard InChI is InChI=1S/C13H20N4O/c1-13(2)5-3-4-10(13)17-11-6-8(12(15)18)9(14)7-16-11/h6-7,10H,3-5,14H2,1-2H3,(H2,15,18)(H,16,17). The van der Waals surface area contributed by atoms with Crippen LogP contribution in [0.3, 0.4) is 0 Å². The first kappa shape index (κ1) is 12.7. The zero-order valence-corrected chi connectivity index (χ0v) is 10.9. The highest BCUT2D eigenvalue weighted by Gasteiger charge is 2.34. The van der Waals surface area contributed by atoms with Crippen molar-refractivity contribution in [1.82, 2.24) is 4.98 Å². The number of rotatable bonds is 3. The van der Waals surface area contributed by atoms with Gasteiger partial charge >= 0.3 is 0 Å². The number of nitrogens with zero attached hydrogens (tertiary/aromatic N) is 1. The van der Waals surface area contributed by atoms with Crippen LogP contribution in [0, 0.1) is 5.41 Å². The number of primary amides is 1. The first-order valence-electron chi connectivity index (χ1n) is 6.22. The largest absolute Gasteiger partial charge is 0.397 e. The number of nitrogen functional groups attached to an aromatic ring is 1. The lowest BCUT2D eigenvalue weighted by molar-refractivity contribution is 0.100. The summed E-state index contributed by atoms with van der Waals surface area (Å²) in [5, 5.41) is 3.38. The lowest BCUT2D eigenvalue weighted by Gasteiger charge is -2.28. The quantitative estimate of drug-likeness (QED) is 0.759. The molecule has 18 heavy (non-hydrogen) atoms. The highest BCUT2D eigenvalue weighted by Crippen LogP contribution is 2.38. The number of pyridine rings is 1. The summed E-state index contributed by atoms with van der Waals surface area (Å²) in [6.45, 7) is 4.48. The number of aromatic nitrogens is 1. The Hall–Kier alpha value is -1.78. The van der Waals surface area contributed by atoms with Crippen molar-refractivity contribution in [2.75, 3.05) is 11.1 Å². The fourth-order valence-corrected chi connectivity index (χ4v) is 2.53. The van der Waals surface area contributed by atoms with Crippen molar-refractivity contribution < 1.29 is 4.79 Å². The van der Waals surface area contributed by atoms with Gasteiger partial charge in [-0.2, -0.15) is 0 Å². The molecule has 1 aromatic rings. The number of anilines is 2. The lowest BCUT2D eigenvalue weighted by Crippen LogP contribution is -2.31. The van der Waals surface area contributed by atoms with Gasteiger partial charge in [-0.1, -0.05) is 20.3 Å². The molecule has 98 valence electrons. The summed E-state index contributed by atoms with van der Waals surface area (Å²) < 4.78 is 0. The van der Waals surface area contributed by atoms with Gasteiger partial charge in [0.15, 0.2) is 0 Å². The van der Waals surface area contributed by atoms with Gasteiger partial charge in [-0.05, 0) is 24.3 Å². The summed E-state index contributed by atoms with van der Waals surface area (Å²) in [5.41, 5.74) is 11.8. The number of nitrogens with one attached hydrogen (secondary N) is 1. The number of hydrogen-bond donors (Lipinski definition) is 3. The predicted octanol–water partition coefficient (Wildman–Crippen LogP) is 1.75. The maximum absolute atomic E-state index is 11.2. The van der Waals surface area contributed by atoms with Crippen molar-refractivity contribution in [2.45, 2.75) is 39.2 Å². The molecule has 1 atom stereocenters. The first-order chi connectivity index (χ1) is 8.40. The Balaban J connectivity index is 2.20. The van der Waals surface area contributed by atoms with Gasteiger partial charge in [0.05, 0.1) is 17.4 Å². The summed E-state index contributed by atoms with van der Waals surface area (Å²) in [6, 6.07) is 2.00. The van der Waals surface area contributed by atoms with Crippen LogP contribution in [0.2, 0.25) is 0 Å². The third-order valence-corrected chi connectivity index (χ3v) is 3.78. The Bertz CT molecular complexity index is 470. The van der Waals surface area contributed by atoms with Crippen LogP contribution >= 0.6 is 0 Å². The molecular weight excluding hydrogens is 228 g/mol. The normalized spacial score (nSPS) is 21.8. The number of amides is 1. The van der Waals surface area contributed by atoms with Crippen molar-refractivity contribution in [3.8, 4) is 0 Å². The van der Waals surface area contributed by atoms with Crippen LogP contribution in [-0.2, 0) is 0 Å². The van der Waals surface area contributed by atoms with E-state index in [9.17, 15) is 4.79 Å². The van der Waals surface area contributed by atoms with Gasteiger partial charge in [0.2, 0.25) is 0 Å². The maximum atomic E-state index is 11.2. The van der Waals surface area contributed by atoms with Crippen LogP contribution in [0.1, 0.15) is 43.5 Å². The van der Waals surface area contributed by atoms with Gasteiger partial charge in [-0.25, -0.2) is 4.98 Å². The molecule has 1 saturated carbocycles. The summed E-state index contributed by atoms with van der Waals surface area (Å²) in [4.78, 5) is 15.4. The van der Waals surface area contributed by atoms with E-state index in [0.29, 0.717) is 23.1 Å². The fraction of sp³-hybridized carbons (Fsp3) is 0.538. The number of carbonyl (C=O) groups excluding carboxylic acids is 1. The van der Waals surface area contributed by atoms with Crippen molar-refractivity contribution in [3.05, 3.63) is 17.8 Å². The Morgan fingerprint density at radius 3 is 2.83 bits per heavy atom. The molecule has 0 aromatic carbocycles. The maximum Gasteiger partial charge on any atom is 0.250 e. The van der Waals surface area contributed by atoms with Crippen molar-refractivity contribution in [3.63, 3.8) is 0 Å². The van der Waals surface area contributed by atoms with Crippen LogP contribution in [-0.4, -0.2) is 16.9 Å². The van der Waals surface area contributed by atoms with Gasteiger partial charge in [-0.15, -0.1) is 0 Å². The number of nitrogens with two attached hydrogens (primary N) is 2. The zero-order valence-electron chi connectivity index (χ0n) is 10.9. The molecule has 2 rings (SSSR count). The molecule has 0 spiro atoms. The Kier molecular flexibility index (Phi) is 3.15. The van der Waals surface area contributed by atoms with Gasteiger partial charge in [0, 0.05) is 6.04 Å². The molecule has 1 aromatic heterocycles. The molecule has 0 aliphatic heterocycles. The van der Waals surface area contributed by atoms with Gasteiger partial charge in [0.1, 0.15) is 5.82 Å². The van der Waals surface area contributed by atoms with Gasteiger partial charge < -0.3 is 16.8 Å². The molecule has 1 aliphatic rings. The Morgan fingerprint density at radius 1 is 1.56 bits per heavy atom. The lowest BCUT2D eigenvalue weighted by atomic mass is 9.87. The van der Waals surface area contributed by atoms with Crippen molar-refractivity contribution in [2.24, 2.45) is 11.1 Å². The minimum atomic E-state index is -0.524. The topological polar surface area (TPSA) is 94.0 Å². The molecule has 1 fully saturated rings. The average Bonchev–Trinajstić information content (AvgIpc) is 2.60. The molecule has 1 unspecified atom stereocenters.